The highest BCUT2D eigenvalue weighted by Crippen LogP contribution is 2.59. The first-order chi connectivity index (χ1) is 16.9. The van der Waals surface area contributed by atoms with E-state index in [0.29, 0.717) is 43.4 Å². The van der Waals surface area contributed by atoms with Gasteiger partial charge in [-0.3, -0.25) is 9.59 Å². The maximum atomic E-state index is 13.7. The van der Waals surface area contributed by atoms with E-state index in [0.717, 1.165) is 19.3 Å². The normalized spacial score (nSPS) is 39.2. The van der Waals surface area contributed by atoms with Crippen molar-refractivity contribution in [3.63, 3.8) is 0 Å². The molecule has 7 nitrogen and oxygen atoms in total. The van der Waals surface area contributed by atoms with Gasteiger partial charge in [0.15, 0.2) is 0 Å². The van der Waals surface area contributed by atoms with Gasteiger partial charge in [0.2, 0.25) is 0 Å². The van der Waals surface area contributed by atoms with E-state index in [9.17, 15) is 48.9 Å². The molecule has 210 valence electrons. The van der Waals surface area contributed by atoms with Crippen molar-refractivity contribution in [3.05, 3.63) is 0 Å². The van der Waals surface area contributed by atoms with Gasteiger partial charge in [0, 0.05) is 0 Å². The monoisotopic (exact) mass is 561 g/mol. The Morgan fingerprint density at radius 2 is 1.22 bits per heavy atom. The first-order valence-electron chi connectivity index (χ1n) is 12.4. The van der Waals surface area contributed by atoms with Gasteiger partial charge >= 0.3 is 29.9 Å². The lowest BCUT2D eigenvalue weighted by molar-refractivity contribution is -0.362. The van der Waals surface area contributed by atoms with Crippen LogP contribution in [-0.2, 0) is 29.2 Å². The molecule has 0 saturated heterocycles. The van der Waals surface area contributed by atoms with Gasteiger partial charge < -0.3 is 14.0 Å². The molecule has 6 rings (SSSR count). The summed E-state index contributed by atoms with van der Waals surface area (Å²) in [5, 5.41) is 0. The molecule has 6 fully saturated rings. The minimum absolute atomic E-state index is 0.227. The number of carbonyl (C=O) groups excluding carboxylic acids is 2. The third kappa shape index (κ3) is 4.63. The van der Waals surface area contributed by atoms with Crippen LogP contribution in [-0.4, -0.2) is 54.2 Å². The van der Waals surface area contributed by atoms with E-state index in [4.69, 9.17) is 4.74 Å². The molecule has 6 aliphatic rings. The molecule has 0 radical (unpaired) electrons. The number of halogens is 6. The van der Waals surface area contributed by atoms with Crippen LogP contribution < -0.4 is 0 Å². The molecule has 4 atom stereocenters. The summed E-state index contributed by atoms with van der Waals surface area (Å²) in [5.74, 6) is -8.81. The van der Waals surface area contributed by atoms with Crippen LogP contribution in [0.2, 0.25) is 0 Å². The fraction of sp³-hybridized carbons (Fsp3) is 0.913. The number of hydrogen-bond acceptors (Lipinski definition) is 7. The van der Waals surface area contributed by atoms with Gasteiger partial charge in [0.1, 0.15) is 5.60 Å². The fourth-order valence-corrected chi connectivity index (χ4v) is 9.25. The van der Waals surface area contributed by atoms with E-state index in [2.05, 4.69) is 4.74 Å². The van der Waals surface area contributed by atoms with Gasteiger partial charge in [-0.1, -0.05) is 0 Å². The average molecular weight is 562 g/mol. The molecule has 0 amide bonds. The van der Waals surface area contributed by atoms with Crippen molar-refractivity contribution >= 4 is 22.1 Å². The first-order valence-corrected chi connectivity index (χ1v) is 14.0. The Kier molecular flexibility index (Phi) is 6.18. The van der Waals surface area contributed by atoms with E-state index < -0.39 is 75.0 Å². The Labute approximate surface area is 209 Å². The smallest absolute Gasteiger partial charge is 0.438 e. The highest BCUT2D eigenvalue weighted by atomic mass is 32.2. The maximum absolute atomic E-state index is 13.7. The summed E-state index contributed by atoms with van der Waals surface area (Å²) in [6.07, 6.45) is -6.88. The van der Waals surface area contributed by atoms with Crippen LogP contribution in [0.5, 0.6) is 0 Å². The summed E-state index contributed by atoms with van der Waals surface area (Å²) in [6.45, 7) is 0. The summed E-state index contributed by atoms with van der Waals surface area (Å²) >= 11 is 0. The number of hydrogen-bond donors (Lipinski definition) is 0. The molecule has 14 heteroatoms. The van der Waals surface area contributed by atoms with Gasteiger partial charge in [-0.05, 0) is 87.4 Å². The second-order valence-corrected chi connectivity index (χ2v) is 13.3. The highest BCUT2D eigenvalue weighted by molar-refractivity contribution is 7.85. The van der Waals surface area contributed by atoms with E-state index in [1.54, 1.807) is 0 Å². The molecule has 0 heterocycles. The Morgan fingerprint density at radius 1 is 0.784 bits per heavy atom. The lowest BCUT2D eigenvalue weighted by Gasteiger charge is -2.56. The van der Waals surface area contributed by atoms with Crippen molar-refractivity contribution in [1.82, 2.24) is 0 Å². The van der Waals surface area contributed by atoms with Crippen LogP contribution in [0.4, 0.5) is 26.3 Å². The molecule has 6 aliphatic carbocycles. The predicted octanol–water partition coefficient (Wildman–Crippen LogP) is 4.11. The summed E-state index contributed by atoms with van der Waals surface area (Å²) in [7, 11) is -6.15. The number of rotatable bonds is 6. The van der Waals surface area contributed by atoms with Gasteiger partial charge in [0.05, 0.1) is 27.7 Å². The van der Waals surface area contributed by atoms with Crippen LogP contribution >= 0.6 is 0 Å². The predicted molar refractivity (Wildman–Crippen MR) is 110 cm³/mol. The topological polar surface area (TPSA) is 110 Å². The molecule has 0 aromatic rings. The Balaban J connectivity index is 1.41. The lowest BCUT2D eigenvalue weighted by atomic mass is 9.54. The summed E-state index contributed by atoms with van der Waals surface area (Å²) in [5.41, 5.74) is -6.28. The van der Waals surface area contributed by atoms with Crippen molar-refractivity contribution in [2.75, 3.05) is 5.75 Å². The molecular formula is C23H27F6O7S-. The van der Waals surface area contributed by atoms with Crippen LogP contribution in [0, 0.1) is 41.4 Å². The zero-order valence-corrected chi connectivity index (χ0v) is 20.5. The lowest BCUT2D eigenvalue weighted by Crippen LogP contribution is -2.64. The van der Waals surface area contributed by atoms with Crippen molar-refractivity contribution in [3.8, 4) is 0 Å². The fourth-order valence-electron chi connectivity index (χ4n) is 8.37. The van der Waals surface area contributed by atoms with E-state index in [-0.39, 0.29) is 12.8 Å². The van der Waals surface area contributed by atoms with Crippen molar-refractivity contribution in [2.24, 2.45) is 41.4 Å². The average Bonchev–Trinajstić information content (AvgIpc) is 3.30. The van der Waals surface area contributed by atoms with Crippen LogP contribution in [0.3, 0.4) is 0 Å². The third-order valence-electron chi connectivity index (χ3n) is 9.33. The number of ether oxygens (including phenoxy) is 2. The number of alkyl halides is 6. The summed E-state index contributed by atoms with van der Waals surface area (Å²) in [4.78, 5) is 26.4. The Bertz CT molecular complexity index is 1020. The van der Waals surface area contributed by atoms with Gasteiger partial charge in [-0.25, -0.2) is 8.42 Å². The highest BCUT2D eigenvalue weighted by Gasteiger charge is 2.76. The third-order valence-corrected chi connectivity index (χ3v) is 10.1. The largest absolute Gasteiger partial charge is 0.748 e. The standard InChI is InChI=1S/C23H28F6O7S/c24-22(25,26)21(23(27,28)29,10-37(32,33)34)36-19(31)17-15-2-1-14(6-15)16(17)18(30)35-20-7-11-3-12(8-20)5-13(4-11)9-20/h11-17H,1-10H2,(H,32,33,34)/p-1. The van der Waals surface area contributed by atoms with Gasteiger partial charge in [-0.15, -0.1) is 0 Å². The summed E-state index contributed by atoms with van der Waals surface area (Å²) in [6, 6.07) is 0. The molecule has 0 aromatic heterocycles. The molecule has 37 heavy (non-hydrogen) atoms. The van der Waals surface area contributed by atoms with Crippen LogP contribution in [0.1, 0.15) is 57.8 Å². The number of carbonyl (C=O) groups is 2. The van der Waals surface area contributed by atoms with E-state index in [1.165, 1.54) is 0 Å². The van der Waals surface area contributed by atoms with Crippen molar-refractivity contribution in [1.29, 1.82) is 0 Å². The second-order valence-electron chi connectivity index (χ2n) is 11.9. The molecule has 4 unspecified atom stereocenters. The zero-order chi connectivity index (χ0) is 27.2. The Hall–Kier alpha value is -1.57. The van der Waals surface area contributed by atoms with Crippen LogP contribution in [0.25, 0.3) is 0 Å². The SMILES string of the molecule is O=C(OC12CC3CC(CC(C3)C1)C2)C1C2CCC(C2)C1C(=O)OC(CS(=O)(=O)[O-])(C(F)(F)F)C(F)(F)F. The second kappa shape index (κ2) is 8.46. The maximum Gasteiger partial charge on any atom is 0.438 e. The van der Waals surface area contributed by atoms with E-state index in [1.807, 2.05) is 0 Å². The molecular weight excluding hydrogens is 534 g/mol. The zero-order valence-electron chi connectivity index (χ0n) is 19.6. The molecule has 0 spiro atoms. The number of esters is 2. The quantitative estimate of drug-likeness (QED) is 0.273. The Morgan fingerprint density at radius 3 is 1.62 bits per heavy atom. The molecule has 6 saturated carbocycles. The summed E-state index contributed by atoms with van der Waals surface area (Å²) < 4.78 is 125. The van der Waals surface area contributed by atoms with Crippen LogP contribution in [0.15, 0.2) is 0 Å². The minimum atomic E-state index is -6.45. The molecule has 0 aromatic carbocycles. The van der Waals surface area contributed by atoms with Crippen molar-refractivity contribution < 1.29 is 58.4 Å². The van der Waals surface area contributed by atoms with Crippen molar-refractivity contribution in [2.45, 2.75) is 81.3 Å². The van der Waals surface area contributed by atoms with E-state index >= 15 is 0 Å². The van der Waals surface area contributed by atoms with Gasteiger partial charge in [-0.2, -0.15) is 26.3 Å². The number of fused-ring (bicyclic) bond motifs is 2. The first kappa shape index (κ1) is 27.0. The van der Waals surface area contributed by atoms with Gasteiger partial charge in [0.25, 0.3) is 0 Å². The molecule has 0 aliphatic heterocycles. The minimum Gasteiger partial charge on any atom is -0.748 e. The molecule has 0 N–H and O–H groups in total. The molecule has 6 bridgehead atoms.